The number of aryl methyl sites for hydroxylation is 2. The van der Waals surface area contributed by atoms with Gasteiger partial charge in [-0.05, 0) is 25.3 Å². The molecular weight excluding hydrogens is 334 g/mol. The van der Waals surface area contributed by atoms with Crippen LogP contribution in [0.4, 0.5) is 0 Å². The number of carboxylic acids is 1. The van der Waals surface area contributed by atoms with Crippen molar-refractivity contribution in [1.29, 1.82) is 0 Å². The zero-order valence-corrected chi connectivity index (χ0v) is 13.5. The molecule has 0 spiro atoms. The molecule has 6 nitrogen and oxygen atoms in total. The number of hydrogen-bond donors (Lipinski definition) is 1. The third-order valence-electron chi connectivity index (χ3n) is 4.39. The Morgan fingerprint density at radius 2 is 2.30 bits per heavy atom. The van der Waals surface area contributed by atoms with Gasteiger partial charge in [0.15, 0.2) is 4.96 Å². The van der Waals surface area contributed by atoms with E-state index in [2.05, 4.69) is 9.38 Å². The minimum atomic E-state index is -1.06. The molecule has 2 aromatic rings. The lowest BCUT2D eigenvalue weighted by Gasteiger charge is -2.36. The number of carbonyl (C=O) groups is 2. The molecule has 0 radical (unpaired) electrons. The van der Waals surface area contributed by atoms with E-state index >= 15 is 0 Å². The normalized spacial score (nSPS) is 24.1. The van der Waals surface area contributed by atoms with Crippen molar-refractivity contribution in [2.24, 2.45) is 0 Å². The average molecular weight is 345 g/mol. The SMILES string of the molecule is O=C(O)C1=CSC2/C(=C\c3cn4c5c(sc4n3)CCC5)C(=O)N12. The number of carbonyl (C=O) groups excluding carboxylic acids is 1. The number of aliphatic carboxylic acids is 1. The van der Waals surface area contributed by atoms with Crippen LogP contribution >= 0.6 is 23.1 Å². The average Bonchev–Trinajstić information content (AvgIpc) is 3.23. The molecule has 23 heavy (non-hydrogen) atoms. The molecule has 1 aliphatic carbocycles. The summed E-state index contributed by atoms with van der Waals surface area (Å²) >= 11 is 3.07. The molecule has 2 aromatic heterocycles. The monoisotopic (exact) mass is 345 g/mol. The molecule has 5 rings (SSSR count). The van der Waals surface area contributed by atoms with Crippen molar-refractivity contribution >= 4 is 46.0 Å². The van der Waals surface area contributed by atoms with Crippen LogP contribution in [-0.2, 0) is 22.4 Å². The largest absolute Gasteiger partial charge is 0.477 e. The number of aromatic nitrogens is 2. The van der Waals surface area contributed by atoms with Gasteiger partial charge in [-0.2, -0.15) is 0 Å². The van der Waals surface area contributed by atoms with Gasteiger partial charge in [0, 0.05) is 22.2 Å². The van der Waals surface area contributed by atoms with Crippen molar-refractivity contribution in [1.82, 2.24) is 14.3 Å². The van der Waals surface area contributed by atoms with E-state index in [4.69, 9.17) is 5.11 Å². The van der Waals surface area contributed by atoms with Crippen LogP contribution in [0, 0.1) is 0 Å². The molecule has 1 unspecified atom stereocenters. The summed E-state index contributed by atoms with van der Waals surface area (Å²) in [5, 5.41) is 10.4. The van der Waals surface area contributed by atoms with Gasteiger partial charge < -0.3 is 5.11 Å². The fraction of sp³-hybridized carbons (Fsp3) is 0.267. The fourth-order valence-corrected chi connectivity index (χ4v) is 5.63. The fourth-order valence-electron chi connectivity index (χ4n) is 3.32. The Labute approximate surface area is 139 Å². The predicted molar refractivity (Wildman–Crippen MR) is 87.0 cm³/mol. The summed E-state index contributed by atoms with van der Waals surface area (Å²) in [6.45, 7) is 0. The Hall–Kier alpha value is -2.06. The van der Waals surface area contributed by atoms with Crippen LogP contribution in [0.15, 0.2) is 22.9 Å². The van der Waals surface area contributed by atoms with Crippen molar-refractivity contribution in [3.05, 3.63) is 39.1 Å². The first kappa shape index (κ1) is 13.4. The van der Waals surface area contributed by atoms with Gasteiger partial charge in [0.05, 0.1) is 11.3 Å². The molecule has 116 valence electrons. The first-order valence-corrected chi connectivity index (χ1v) is 9.03. The minimum Gasteiger partial charge on any atom is -0.477 e. The van der Waals surface area contributed by atoms with Crippen molar-refractivity contribution in [3.8, 4) is 0 Å². The second kappa shape index (κ2) is 4.48. The van der Waals surface area contributed by atoms with Gasteiger partial charge in [-0.1, -0.05) is 0 Å². The Morgan fingerprint density at radius 3 is 3.13 bits per heavy atom. The van der Waals surface area contributed by atoms with E-state index in [9.17, 15) is 9.59 Å². The summed E-state index contributed by atoms with van der Waals surface area (Å²) in [6, 6.07) is 0. The highest BCUT2D eigenvalue weighted by atomic mass is 32.2. The lowest BCUT2D eigenvalue weighted by molar-refractivity contribution is -0.141. The van der Waals surface area contributed by atoms with E-state index in [1.165, 1.54) is 39.1 Å². The molecule has 4 heterocycles. The quantitative estimate of drug-likeness (QED) is 0.666. The second-order valence-corrected chi connectivity index (χ2v) is 7.73. The van der Waals surface area contributed by atoms with Crippen LogP contribution in [0.5, 0.6) is 0 Å². The molecule has 1 N–H and O–H groups in total. The smallest absolute Gasteiger partial charge is 0.353 e. The highest BCUT2D eigenvalue weighted by Crippen LogP contribution is 2.45. The summed E-state index contributed by atoms with van der Waals surface area (Å²) in [4.78, 5) is 31.6. The highest BCUT2D eigenvalue weighted by Gasteiger charge is 2.49. The third kappa shape index (κ3) is 1.73. The van der Waals surface area contributed by atoms with Crippen LogP contribution in [-0.4, -0.2) is 36.6 Å². The van der Waals surface area contributed by atoms with Crippen LogP contribution in [0.1, 0.15) is 22.7 Å². The summed E-state index contributed by atoms with van der Waals surface area (Å²) in [7, 11) is 0. The molecular formula is C15H11N3O3S2. The van der Waals surface area contributed by atoms with E-state index in [0.29, 0.717) is 5.57 Å². The molecule has 0 aromatic carbocycles. The Kier molecular flexibility index (Phi) is 2.61. The molecule has 1 atom stereocenters. The number of fused-ring (bicyclic) bond motifs is 4. The number of amides is 1. The number of thiazole rings is 1. The van der Waals surface area contributed by atoms with Crippen molar-refractivity contribution < 1.29 is 14.7 Å². The van der Waals surface area contributed by atoms with Crippen LogP contribution < -0.4 is 0 Å². The van der Waals surface area contributed by atoms with Gasteiger partial charge in [-0.3, -0.25) is 14.1 Å². The Morgan fingerprint density at radius 1 is 1.43 bits per heavy atom. The zero-order chi connectivity index (χ0) is 15.7. The third-order valence-corrected chi connectivity index (χ3v) is 6.63. The number of imidazole rings is 1. The number of nitrogens with zero attached hydrogens (tertiary/aromatic N) is 3. The summed E-state index contributed by atoms with van der Waals surface area (Å²) < 4.78 is 2.13. The molecule has 0 saturated carbocycles. The number of carboxylic acid groups (broad SMARTS) is 1. The molecule has 1 amide bonds. The lowest BCUT2D eigenvalue weighted by Crippen LogP contribution is -2.51. The maximum Gasteiger partial charge on any atom is 0.353 e. The van der Waals surface area contributed by atoms with Gasteiger partial charge in [0.25, 0.3) is 5.91 Å². The highest BCUT2D eigenvalue weighted by molar-refractivity contribution is 8.03. The standard InChI is InChI=1S/C15H11N3O3S2/c19-12-8(13-18(12)10(6-22-13)14(20)21)4-7-5-17-9-2-1-3-11(9)23-15(17)16-7/h4-6,13H,1-3H2,(H,20,21)/b8-4-. The predicted octanol–water partition coefficient (Wildman–Crippen LogP) is 2.11. The molecule has 8 heteroatoms. The number of rotatable bonds is 2. The molecule has 0 bridgehead atoms. The molecule has 2 aliphatic heterocycles. The van der Waals surface area contributed by atoms with Gasteiger partial charge in [-0.15, -0.1) is 23.1 Å². The number of thioether (sulfide) groups is 1. The first-order valence-electron chi connectivity index (χ1n) is 7.27. The van der Waals surface area contributed by atoms with Gasteiger partial charge in [-0.25, -0.2) is 9.78 Å². The summed E-state index contributed by atoms with van der Waals surface area (Å²) in [5.41, 5.74) is 2.78. The van der Waals surface area contributed by atoms with E-state index < -0.39 is 5.97 Å². The van der Waals surface area contributed by atoms with E-state index in [0.717, 1.165) is 23.5 Å². The molecule has 1 saturated heterocycles. The Bertz CT molecular complexity index is 953. The number of hydrogen-bond acceptors (Lipinski definition) is 5. The van der Waals surface area contributed by atoms with Crippen molar-refractivity contribution in [3.63, 3.8) is 0 Å². The topological polar surface area (TPSA) is 74.9 Å². The summed E-state index contributed by atoms with van der Waals surface area (Å²) in [6.07, 6.45) is 7.18. The maximum absolute atomic E-state index is 12.2. The maximum atomic E-state index is 12.2. The second-order valence-electron chi connectivity index (χ2n) is 5.72. The Balaban J connectivity index is 1.48. The minimum absolute atomic E-state index is 0.0609. The van der Waals surface area contributed by atoms with E-state index in [1.807, 2.05) is 6.20 Å². The van der Waals surface area contributed by atoms with Crippen LogP contribution in [0.25, 0.3) is 11.0 Å². The van der Waals surface area contributed by atoms with E-state index in [1.54, 1.807) is 17.4 Å². The van der Waals surface area contributed by atoms with Crippen molar-refractivity contribution in [2.75, 3.05) is 0 Å². The molecule has 1 fully saturated rings. The van der Waals surface area contributed by atoms with Gasteiger partial charge in [0.2, 0.25) is 0 Å². The first-order chi connectivity index (χ1) is 11.1. The molecule has 3 aliphatic rings. The summed E-state index contributed by atoms with van der Waals surface area (Å²) in [5.74, 6) is -1.30. The van der Waals surface area contributed by atoms with Crippen LogP contribution in [0.3, 0.4) is 0 Å². The lowest BCUT2D eigenvalue weighted by atomic mass is 10.0. The van der Waals surface area contributed by atoms with E-state index in [-0.39, 0.29) is 17.0 Å². The zero-order valence-electron chi connectivity index (χ0n) is 11.9. The van der Waals surface area contributed by atoms with Crippen molar-refractivity contribution in [2.45, 2.75) is 24.6 Å². The number of β-lactam (4-membered cyclic amide) rings is 1. The van der Waals surface area contributed by atoms with Gasteiger partial charge >= 0.3 is 5.97 Å². The van der Waals surface area contributed by atoms with Gasteiger partial charge in [0.1, 0.15) is 11.1 Å². The van der Waals surface area contributed by atoms with Crippen LogP contribution in [0.2, 0.25) is 0 Å².